The molecule has 1 aromatic rings. The molecule has 2 aliphatic heterocycles. The van der Waals surface area contributed by atoms with Crippen LogP contribution in [0.25, 0.3) is 0 Å². The van der Waals surface area contributed by atoms with E-state index in [1.807, 2.05) is 0 Å². The van der Waals surface area contributed by atoms with Crippen molar-refractivity contribution in [2.45, 2.75) is 25.7 Å². The highest BCUT2D eigenvalue weighted by Crippen LogP contribution is 2.23. The van der Waals surface area contributed by atoms with Gasteiger partial charge < -0.3 is 15.5 Å². The molecular weight excluding hydrogens is 234 g/mol. The molecule has 2 N–H and O–H groups in total. The van der Waals surface area contributed by atoms with Crippen molar-refractivity contribution in [3.63, 3.8) is 0 Å². The van der Waals surface area contributed by atoms with Gasteiger partial charge in [0.05, 0.1) is 0 Å². The van der Waals surface area contributed by atoms with E-state index in [9.17, 15) is 0 Å². The predicted octanol–water partition coefficient (Wildman–Crippen LogP) is 1.88. The van der Waals surface area contributed by atoms with Crippen LogP contribution in [0.4, 0.5) is 5.69 Å². The highest BCUT2D eigenvalue weighted by molar-refractivity contribution is 5.56. The van der Waals surface area contributed by atoms with Crippen molar-refractivity contribution < 1.29 is 0 Å². The van der Waals surface area contributed by atoms with Crippen LogP contribution < -0.4 is 10.6 Å². The molecule has 1 aromatic carbocycles. The molecule has 0 amide bonds. The van der Waals surface area contributed by atoms with Crippen LogP contribution in [0.5, 0.6) is 0 Å². The van der Waals surface area contributed by atoms with E-state index in [-0.39, 0.29) is 0 Å². The molecule has 1 fully saturated rings. The summed E-state index contributed by atoms with van der Waals surface area (Å²) in [4.78, 5) is 2.59. The maximum absolute atomic E-state index is 3.43. The maximum atomic E-state index is 3.43. The zero-order chi connectivity index (χ0) is 12.9. The van der Waals surface area contributed by atoms with E-state index in [0.29, 0.717) is 0 Å². The first-order valence-corrected chi connectivity index (χ1v) is 7.70. The van der Waals surface area contributed by atoms with Crippen LogP contribution in [0.1, 0.15) is 24.0 Å². The first-order valence-electron chi connectivity index (χ1n) is 7.70. The Labute approximate surface area is 116 Å². The third-order valence-corrected chi connectivity index (χ3v) is 4.28. The first kappa shape index (κ1) is 12.9. The van der Waals surface area contributed by atoms with Gasteiger partial charge in [-0.25, -0.2) is 0 Å². The molecule has 0 aliphatic carbocycles. The number of aryl methyl sites for hydroxylation is 1. The number of hydrogen-bond acceptors (Lipinski definition) is 3. The lowest BCUT2D eigenvalue weighted by atomic mass is 10.0. The largest absolute Gasteiger partial charge is 0.384 e. The van der Waals surface area contributed by atoms with Gasteiger partial charge in [0, 0.05) is 38.4 Å². The summed E-state index contributed by atoms with van der Waals surface area (Å²) >= 11 is 0. The zero-order valence-electron chi connectivity index (χ0n) is 11.8. The Kier molecular flexibility index (Phi) is 4.36. The molecule has 3 nitrogen and oxygen atoms in total. The molecule has 104 valence electrons. The van der Waals surface area contributed by atoms with E-state index < -0.39 is 0 Å². The van der Waals surface area contributed by atoms with E-state index in [2.05, 4.69) is 33.7 Å². The second-order valence-electron chi connectivity index (χ2n) is 5.72. The zero-order valence-corrected chi connectivity index (χ0v) is 11.8. The minimum Gasteiger partial charge on any atom is -0.384 e. The van der Waals surface area contributed by atoms with Gasteiger partial charge in [0.1, 0.15) is 0 Å². The Bertz CT molecular complexity index is 410. The van der Waals surface area contributed by atoms with Crippen molar-refractivity contribution >= 4 is 5.69 Å². The third kappa shape index (κ3) is 3.48. The molecule has 0 unspecified atom stereocenters. The van der Waals surface area contributed by atoms with Crippen molar-refractivity contribution in [2.24, 2.45) is 0 Å². The molecule has 0 atom stereocenters. The average Bonchev–Trinajstić information content (AvgIpc) is 2.92. The smallest absolute Gasteiger partial charge is 0.0373 e. The van der Waals surface area contributed by atoms with Crippen LogP contribution in [0.15, 0.2) is 18.2 Å². The second-order valence-corrected chi connectivity index (χ2v) is 5.72. The summed E-state index contributed by atoms with van der Waals surface area (Å²) in [6.07, 6.45) is 5.08. The van der Waals surface area contributed by atoms with E-state index in [4.69, 9.17) is 0 Å². The molecular formula is C16H25N3. The van der Waals surface area contributed by atoms with Gasteiger partial charge >= 0.3 is 0 Å². The molecule has 19 heavy (non-hydrogen) atoms. The van der Waals surface area contributed by atoms with Gasteiger partial charge in [0.25, 0.3) is 0 Å². The summed E-state index contributed by atoms with van der Waals surface area (Å²) in [6.45, 7) is 7.17. The van der Waals surface area contributed by atoms with Gasteiger partial charge in [-0.3, -0.25) is 0 Å². The summed E-state index contributed by atoms with van der Waals surface area (Å²) in [7, 11) is 0. The first-order chi connectivity index (χ1) is 9.42. The molecule has 3 heteroatoms. The number of piperazine rings is 1. The lowest BCUT2D eigenvalue weighted by molar-refractivity contribution is 0.237. The van der Waals surface area contributed by atoms with Crippen molar-refractivity contribution in [2.75, 3.05) is 44.6 Å². The van der Waals surface area contributed by atoms with Crippen LogP contribution in [0, 0.1) is 0 Å². The predicted molar refractivity (Wildman–Crippen MR) is 80.9 cm³/mol. The van der Waals surface area contributed by atoms with Crippen molar-refractivity contribution in [1.29, 1.82) is 0 Å². The summed E-state index contributed by atoms with van der Waals surface area (Å²) in [5.74, 6) is 0. The van der Waals surface area contributed by atoms with E-state index >= 15 is 0 Å². The minimum absolute atomic E-state index is 1.11. The van der Waals surface area contributed by atoms with Crippen LogP contribution in [-0.4, -0.2) is 44.2 Å². The SMILES string of the molecule is c1cc2c(cc1CCCCN1CCNCC1)CCN2. The molecule has 0 saturated carbocycles. The maximum Gasteiger partial charge on any atom is 0.0373 e. The van der Waals surface area contributed by atoms with E-state index in [0.717, 1.165) is 19.6 Å². The van der Waals surface area contributed by atoms with Crippen LogP contribution in [-0.2, 0) is 12.8 Å². The monoisotopic (exact) mass is 259 g/mol. The number of nitrogens with zero attached hydrogens (tertiary/aromatic N) is 1. The highest BCUT2D eigenvalue weighted by atomic mass is 15.2. The van der Waals surface area contributed by atoms with Crippen molar-refractivity contribution in [3.8, 4) is 0 Å². The molecule has 3 rings (SSSR count). The van der Waals surface area contributed by atoms with Gasteiger partial charge in [0.15, 0.2) is 0 Å². The Morgan fingerprint density at radius 1 is 1.05 bits per heavy atom. The fourth-order valence-electron chi connectivity index (χ4n) is 3.11. The van der Waals surface area contributed by atoms with Gasteiger partial charge in [-0.1, -0.05) is 12.1 Å². The van der Waals surface area contributed by atoms with Crippen LogP contribution in [0.3, 0.4) is 0 Å². The van der Waals surface area contributed by atoms with Crippen LogP contribution >= 0.6 is 0 Å². The number of rotatable bonds is 5. The number of fused-ring (bicyclic) bond motifs is 1. The molecule has 0 spiro atoms. The van der Waals surface area contributed by atoms with E-state index in [1.165, 1.54) is 62.1 Å². The van der Waals surface area contributed by atoms with Gasteiger partial charge in [0.2, 0.25) is 0 Å². The summed E-state index contributed by atoms with van der Waals surface area (Å²) in [6, 6.07) is 6.95. The fourth-order valence-corrected chi connectivity index (χ4v) is 3.11. The summed E-state index contributed by atoms with van der Waals surface area (Å²) < 4.78 is 0. The number of unbranched alkanes of at least 4 members (excludes halogenated alkanes) is 1. The molecule has 2 heterocycles. The van der Waals surface area contributed by atoms with Gasteiger partial charge in [-0.15, -0.1) is 0 Å². The molecule has 1 saturated heterocycles. The number of anilines is 1. The van der Waals surface area contributed by atoms with Gasteiger partial charge in [-0.2, -0.15) is 0 Å². The quantitative estimate of drug-likeness (QED) is 0.791. The molecule has 0 bridgehead atoms. The Morgan fingerprint density at radius 2 is 1.95 bits per heavy atom. The normalized spacial score (nSPS) is 19.2. The highest BCUT2D eigenvalue weighted by Gasteiger charge is 2.10. The Balaban J connectivity index is 1.40. The number of nitrogens with one attached hydrogen (secondary N) is 2. The topological polar surface area (TPSA) is 27.3 Å². The third-order valence-electron chi connectivity index (χ3n) is 4.28. The average molecular weight is 259 g/mol. The standard InChI is InChI=1S/C16H25N3/c1(2-10-19-11-8-17-9-12-19)3-14-4-5-16-15(13-14)6-7-18-16/h4-5,13,17-18H,1-3,6-12H2. The Hall–Kier alpha value is -1.06. The van der Waals surface area contributed by atoms with Crippen molar-refractivity contribution in [3.05, 3.63) is 29.3 Å². The lowest BCUT2D eigenvalue weighted by Gasteiger charge is -2.27. The number of hydrogen-bond donors (Lipinski definition) is 2. The minimum atomic E-state index is 1.11. The van der Waals surface area contributed by atoms with Gasteiger partial charge in [-0.05, 0) is 49.4 Å². The summed E-state index contributed by atoms with van der Waals surface area (Å²) in [5, 5.41) is 6.83. The molecule has 0 aromatic heterocycles. The summed E-state index contributed by atoms with van der Waals surface area (Å²) in [5.41, 5.74) is 4.38. The molecule has 2 aliphatic rings. The molecule has 0 radical (unpaired) electrons. The lowest BCUT2D eigenvalue weighted by Crippen LogP contribution is -2.43. The Morgan fingerprint density at radius 3 is 2.84 bits per heavy atom. The van der Waals surface area contributed by atoms with Crippen LogP contribution in [0.2, 0.25) is 0 Å². The second kappa shape index (κ2) is 6.40. The van der Waals surface area contributed by atoms with E-state index in [1.54, 1.807) is 0 Å². The fraction of sp³-hybridized carbons (Fsp3) is 0.625. The van der Waals surface area contributed by atoms with Crippen molar-refractivity contribution in [1.82, 2.24) is 10.2 Å². The number of benzene rings is 1.